The highest BCUT2D eigenvalue weighted by atomic mass is 16.2. The van der Waals surface area contributed by atoms with Crippen molar-refractivity contribution < 1.29 is 18.9 Å². The van der Waals surface area contributed by atoms with E-state index in [0.717, 1.165) is 31.4 Å². The predicted molar refractivity (Wildman–Crippen MR) is 117 cm³/mol. The Morgan fingerprint density at radius 1 is 1.10 bits per heavy atom. The maximum absolute atomic E-state index is 12.4. The summed E-state index contributed by atoms with van der Waals surface area (Å²) in [5.74, 6) is -0.901. The number of primary amides is 1. The summed E-state index contributed by atoms with van der Waals surface area (Å²) in [6, 6.07) is 6.04. The van der Waals surface area contributed by atoms with Gasteiger partial charge in [0.2, 0.25) is 11.8 Å². The number of rotatable bonds is 8. The van der Waals surface area contributed by atoms with Crippen molar-refractivity contribution in [2.45, 2.75) is 64.7 Å². The van der Waals surface area contributed by atoms with Crippen LogP contribution in [-0.4, -0.2) is 53.9 Å². The standard InChI is InChI=1S/C22H35N5O3/c1-14(2)19(23)22(30)25-15(3)21(29)26-17-10-8-16(9-11-17)13-27(4)12-6-5-7-18(27)20(24)28/h8-11,14-15,18-19H,5-7,12-13,23H2,1-4H3,(H3-,24,25,26,28,29,30)/p+1/t15?,18-,19+,27?/m1/s1. The number of benzene rings is 1. The van der Waals surface area contributed by atoms with Crippen LogP contribution in [0.5, 0.6) is 0 Å². The third-order valence-corrected chi connectivity index (χ3v) is 6.02. The molecule has 1 aromatic rings. The molecule has 0 spiro atoms. The van der Waals surface area contributed by atoms with Crippen molar-refractivity contribution in [1.29, 1.82) is 0 Å². The first-order chi connectivity index (χ1) is 14.0. The third kappa shape index (κ3) is 6.03. The zero-order valence-electron chi connectivity index (χ0n) is 18.5. The molecule has 0 bridgehead atoms. The van der Waals surface area contributed by atoms with E-state index in [1.807, 2.05) is 38.1 Å². The molecule has 0 radical (unpaired) electrons. The fraction of sp³-hybridized carbons (Fsp3) is 0.591. The van der Waals surface area contributed by atoms with Crippen LogP contribution in [0.25, 0.3) is 0 Å². The molecule has 1 aromatic carbocycles. The fourth-order valence-electron chi connectivity index (χ4n) is 3.96. The van der Waals surface area contributed by atoms with Gasteiger partial charge < -0.3 is 26.6 Å². The molecule has 1 aliphatic heterocycles. The highest BCUT2D eigenvalue weighted by Gasteiger charge is 2.39. The summed E-state index contributed by atoms with van der Waals surface area (Å²) in [4.78, 5) is 36.3. The van der Waals surface area contributed by atoms with Gasteiger partial charge in [-0.1, -0.05) is 26.0 Å². The van der Waals surface area contributed by atoms with Crippen LogP contribution in [0.15, 0.2) is 24.3 Å². The molecular weight excluding hydrogens is 382 g/mol. The van der Waals surface area contributed by atoms with Gasteiger partial charge in [-0.2, -0.15) is 0 Å². The molecule has 4 atom stereocenters. The summed E-state index contributed by atoms with van der Waals surface area (Å²) < 4.78 is 0.611. The van der Waals surface area contributed by atoms with Gasteiger partial charge in [-0.15, -0.1) is 0 Å². The lowest BCUT2D eigenvalue weighted by molar-refractivity contribution is -0.941. The van der Waals surface area contributed by atoms with Crippen molar-refractivity contribution in [1.82, 2.24) is 5.32 Å². The number of hydrogen-bond donors (Lipinski definition) is 4. The van der Waals surface area contributed by atoms with E-state index in [4.69, 9.17) is 11.5 Å². The molecule has 8 nitrogen and oxygen atoms in total. The molecule has 6 N–H and O–H groups in total. The van der Waals surface area contributed by atoms with E-state index < -0.39 is 12.1 Å². The van der Waals surface area contributed by atoms with Crippen LogP contribution in [0, 0.1) is 5.92 Å². The first-order valence-corrected chi connectivity index (χ1v) is 10.6. The van der Waals surface area contributed by atoms with E-state index >= 15 is 0 Å². The Labute approximate surface area is 178 Å². The number of carbonyl (C=O) groups excluding carboxylic acids is 3. The minimum atomic E-state index is -0.698. The molecule has 166 valence electrons. The van der Waals surface area contributed by atoms with E-state index in [-0.39, 0.29) is 29.7 Å². The number of amides is 3. The Kier molecular flexibility index (Phi) is 7.97. The monoisotopic (exact) mass is 418 g/mol. The average molecular weight is 419 g/mol. The SMILES string of the molecule is CC(NC(=O)[C@@H](N)C(C)C)C(=O)Nc1ccc(C[N+]2(C)CCCC[C@@H]2C(N)=O)cc1. The molecule has 2 unspecified atom stereocenters. The third-order valence-electron chi connectivity index (χ3n) is 6.02. The van der Waals surface area contributed by atoms with Gasteiger partial charge in [-0.25, -0.2) is 0 Å². The van der Waals surface area contributed by atoms with Crippen LogP contribution in [0.1, 0.15) is 45.6 Å². The van der Waals surface area contributed by atoms with E-state index in [9.17, 15) is 14.4 Å². The predicted octanol–water partition coefficient (Wildman–Crippen LogP) is 1.10. The van der Waals surface area contributed by atoms with Crippen LogP contribution < -0.4 is 22.1 Å². The largest absolute Gasteiger partial charge is 0.365 e. The van der Waals surface area contributed by atoms with Crippen LogP contribution in [0.4, 0.5) is 5.69 Å². The van der Waals surface area contributed by atoms with Crippen molar-refractivity contribution in [3.8, 4) is 0 Å². The summed E-state index contributed by atoms with van der Waals surface area (Å²) >= 11 is 0. The molecule has 0 aliphatic carbocycles. The zero-order valence-corrected chi connectivity index (χ0v) is 18.5. The minimum absolute atomic E-state index is 0.00797. The quantitative estimate of drug-likeness (QED) is 0.471. The molecule has 3 amide bonds. The van der Waals surface area contributed by atoms with Gasteiger partial charge in [-0.3, -0.25) is 14.4 Å². The van der Waals surface area contributed by atoms with Gasteiger partial charge in [0.1, 0.15) is 12.6 Å². The average Bonchev–Trinajstić information content (AvgIpc) is 2.68. The summed E-state index contributed by atoms with van der Waals surface area (Å²) in [6.45, 7) is 6.96. The van der Waals surface area contributed by atoms with Gasteiger partial charge in [0, 0.05) is 17.7 Å². The fourth-order valence-corrected chi connectivity index (χ4v) is 3.96. The Morgan fingerprint density at radius 2 is 1.73 bits per heavy atom. The number of carbonyl (C=O) groups is 3. The van der Waals surface area contributed by atoms with Crippen molar-refractivity contribution in [2.24, 2.45) is 17.4 Å². The second-order valence-electron chi connectivity index (χ2n) is 8.96. The number of anilines is 1. The Balaban J connectivity index is 1.96. The normalized spacial score (nSPS) is 23.5. The van der Waals surface area contributed by atoms with Crippen molar-refractivity contribution in [3.63, 3.8) is 0 Å². The van der Waals surface area contributed by atoms with Crippen molar-refractivity contribution in [3.05, 3.63) is 29.8 Å². The van der Waals surface area contributed by atoms with Gasteiger partial charge in [0.25, 0.3) is 5.91 Å². The summed E-state index contributed by atoms with van der Waals surface area (Å²) in [6.07, 6.45) is 2.94. The Hall–Kier alpha value is -2.45. The number of nitrogens with two attached hydrogens (primary N) is 2. The number of likely N-dealkylation sites (tertiary alicyclic amines) is 1. The highest BCUT2D eigenvalue weighted by molar-refractivity contribution is 5.97. The van der Waals surface area contributed by atoms with Gasteiger partial charge in [-0.05, 0) is 37.8 Å². The summed E-state index contributed by atoms with van der Waals surface area (Å²) in [7, 11) is 2.08. The molecule has 30 heavy (non-hydrogen) atoms. The van der Waals surface area contributed by atoms with E-state index in [2.05, 4.69) is 17.7 Å². The minimum Gasteiger partial charge on any atom is -0.365 e. The van der Waals surface area contributed by atoms with Crippen LogP contribution >= 0.6 is 0 Å². The number of nitrogens with one attached hydrogen (secondary N) is 2. The molecule has 1 saturated heterocycles. The Bertz CT molecular complexity index is 765. The first-order valence-electron chi connectivity index (χ1n) is 10.6. The lowest BCUT2D eigenvalue weighted by atomic mass is 9.97. The second-order valence-corrected chi connectivity index (χ2v) is 8.96. The number of piperidine rings is 1. The van der Waals surface area contributed by atoms with E-state index in [1.165, 1.54) is 0 Å². The summed E-state index contributed by atoms with van der Waals surface area (Å²) in [5.41, 5.74) is 13.2. The molecule has 0 saturated carbocycles. The lowest BCUT2D eigenvalue weighted by Gasteiger charge is -2.43. The van der Waals surface area contributed by atoms with Gasteiger partial charge >= 0.3 is 0 Å². The maximum atomic E-state index is 12.4. The molecule has 0 aromatic heterocycles. The number of quaternary nitrogens is 1. The molecular formula is C22H36N5O3+. The van der Waals surface area contributed by atoms with E-state index in [1.54, 1.807) is 6.92 Å². The molecule has 8 heteroatoms. The van der Waals surface area contributed by atoms with Crippen molar-refractivity contribution in [2.75, 3.05) is 18.9 Å². The highest BCUT2D eigenvalue weighted by Crippen LogP contribution is 2.27. The first kappa shape index (κ1) is 23.8. The topological polar surface area (TPSA) is 127 Å². The maximum Gasteiger partial charge on any atom is 0.275 e. The van der Waals surface area contributed by atoms with Crippen LogP contribution in [0.3, 0.4) is 0 Å². The number of hydrogen-bond acceptors (Lipinski definition) is 4. The van der Waals surface area contributed by atoms with Gasteiger partial charge in [0.05, 0.1) is 19.6 Å². The second kappa shape index (κ2) is 10.0. The number of likely N-dealkylation sites (N-methyl/N-ethyl adjacent to an activating group) is 1. The smallest absolute Gasteiger partial charge is 0.275 e. The molecule has 1 heterocycles. The zero-order chi connectivity index (χ0) is 22.5. The van der Waals surface area contributed by atoms with Gasteiger partial charge in [0.15, 0.2) is 6.04 Å². The molecule has 1 aliphatic rings. The van der Waals surface area contributed by atoms with Crippen LogP contribution in [0.2, 0.25) is 0 Å². The van der Waals surface area contributed by atoms with E-state index in [0.29, 0.717) is 16.7 Å². The number of nitrogens with zero attached hydrogens (tertiary/aromatic N) is 1. The molecule has 1 fully saturated rings. The Morgan fingerprint density at radius 3 is 2.30 bits per heavy atom. The lowest BCUT2D eigenvalue weighted by Crippen LogP contribution is -2.59. The van der Waals surface area contributed by atoms with Crippen molar-refractivity contribution >= 4 is 23.4 Å². The van der Waals surface area contributed by atoms with Crippen LogP contribution in [-0.2, 0) is 20.9 Å². The summed E-state index contributed by atoms with van der Waals surface area (Å²) in [5, 5.41) is 5.45. The molecule has 2 rings (SSSR count).